The molecule has 0 bridgehead atoms. The summed E-state index contributed by atoms with van der Waals surface area (Å²) in [6.07, 6.45) is 2.06. The van der Waals surface area contributed by atoms with E-state index in [1.165, 1.54) is 0 Å². The highest BCUT2D eigenvalue weighted by Crippen LogP contribution is 2.29. The summed E-state index contributed by atoms with van der Waals surface area (Å²) in [5.74, 6) is -1.66. The van der Waals surface area contributed by atoms with Gasteiger partial charge in [-0.15, -0.1) is 0 Å². The van der Waals surface area contributed by atoms with Gasteiger partial charge in [-0.3, -0.25) is 10.1 Å². The Morgan fingerprint density at radius 2 is 2.25 bits per heavy atom. The lowest BCUT2D eigenvalue weighted by Crippen LogP contribution is -2.35. The van der Waals surface area contributed by atoms with Gasteiger partial charge in [0.1, 0.15) is 11.5 Å². The number of rotatable bonds is 4. The number of anilines is 1. The Bertz CT molecular complexity index is 511. The van der Waals surface area contributed by atoms with Gasteiger partial charge in [-0.05, 0) is 32.4 Å². The SMILES string of the molecule is CN1CCCC(CNc2cc(F)cc(F)c2[N+](=O)[O-])C1. The molecule has 1 fully saturated rings. The van der Waals surface area contributed by atoms with Crippen molar-refractivity contribution in [1.29, 1.82) is 0 Å². The molecule has 1 unspecified atom stereocenters. The van der Waals surface area contributed by atoms with Gasteiger partial charge in [-0.1, -0.05) is 0 Å². The van der Waals surface area contributed by atoms with Crippen molar-refractivity contribution in [1.82, 2.24) is 4.90 Å². The minimum absolute atomic E-state index is 0.0965. The van der Waals surface area contributed by atoms with Crippen LogP contribution < -0.4 is 5.32 Å². The lowest BCUT2D eigenvalue weighted by Gasteiger charge is -2.29. The van der Waals surface area contributed by atoms with E-state index in [1.54, 1.807) is 0 Å². The molecule has 20 heavy (non-hydrogen) atoms. The van der Waals surface area contributed by atoms with Gasteiger partial charge in [0.15, 0.2) is 0 Å². The maximum atomic E-state index is 13.5. The van der Waals surface area contributed by atoms with Crippen molar-refractivity contribution in [3.63, 3.8) is 0 Å². The van der Waals surface area contributed by atoms with Crippen LogP contribution in [0.2, 0.25) is 0 Å². The van der Waals surface area contributed by atoms with Gasteiger partial charge >= 0.3 is 5.69 Å². The van der Waals surface area contributed by atoms with Crippen LogP contribution in [-0.4, -0.2) is 36.5 Å². The first-order valence-corrected chi connectivity index (χ1v) is 6.53. The molecular weight excluding hydrogens is 268 g/mol. The van der Waals surface area contributed by atoms with Crippen LogP contribution >= 0.6 is 0 Å². The van der Waals surface area contributed by atoms with E-state index >= 15 is 0 Å². The minimum atomic E-state index is -1.15. The van der Waals surface area contributed by atoms with Gasteiger partial charge in [0.25, 0.3) is 0 Å². The lowest BCUT2D eigenvalue weighted by molar-refractivity contribution is -0.386. The molecular formula is C13H17F2N3O2. The molecule has 1 aliphatic rings. The molecule has 0 aromatic heterocycles. The number of nitrogens with one attached hydrogen (secondary N) is 1. The Balaban J connectivity index is 2.10. The molecule has 1 aliphatic heterocycles. The van der Waals surface area contributed by atoms with Gasteiger partial charge < -0.3 is 10.2 Å². The molecule has 0 aliphatic carbocycles. The zero-order chi connectivity index (χ0) is 14.7. The summed E-state index contributed by atoms with van der Waals surface area (Å²) in [4.78, 5) is 12.2. The van der Waals surface area contributed by atoms with Crippen LogP contribution in [-0.2, 0) is 0 Å². The molecule has 5 nitrogen and oxygen atoms in total. The normalized spacial score (nSPS) is 19.9. The molecule has 1 saturated heterocycles. The van der Waals surface area contributed by atoms with Crippen molar-refractivity contribution in [2.75, 3.05) is 32.0 Å². The van der Waals surface area contributed by atoms with Gasteiger partial charge in [-0.2, -0.15) is 4.39 Å². The first kappa shape index (κ1) is 14.6. The van der Waals surface area contributed by atoms with Crippen LogP contribution in [0.15, 0.2) is 12.1 Å². The van der Waals surface area contributed by atoms with Gasteiger partial charge in [0.05, 0.1) is 4.92 Å². The Morgan fingerprint density at radius 1 is 1.50 bits per heavy atom. The first-order valence-electron chi connectivity index (χ1n) is 6.53. The fraction of sp³-hybridized carbons (Fsp3) is 0.538. The molecule has 0 saturated carbocycles. The highest BCUT2D eigenvalue weighted by Gasteiger charge is 2.23. The van der Waals surface area contributed by atoms with Crippen LogP contribution in [0.25, 0.3) is 0 Å². The number of hydrogen-bond acceptors (Lipinski definition) is 4. The summed E-state index contributed by atoms with van der Waals surface area (Å²) in [5, 5.41) is 13.7. The Morgan fingerprint density at radius 3 is 2.90 bits per heavy atom. The van der Waals surface area contributed by atoms with E-state index < -0.39 is 22.2 Å². The topological polar surface area (TPSA) is 58.4 Å². The molecule has 1 heterocycles. The van der Waals surface area contributed by atoms with E-state index in [9.17, 15) is 18.9 Å². The van der Waals surface area contributed by atoms with Crippen molar-refractivity contribution < 1.29 is 13.7 Å². The van der Waals surface area contributed by atoms with Gasteiger partial charge in [0, 0.05) is 25.2 Å². The number of hydrogen-bond donors (Lipinski definition) is 1. The molecule has 1 aromatic carbocycles. The second-order valence-electron chi connectivity index (χ2n) is 5.19. The molecule has 0 radical (unpaired) electrons. The summed E-state index contributed by atoms with van der Waals surface area (Å²) in [7, 11) is 2.01. The molecule has 0 amide bonds. The Hall–Kier alpha value is -1.76. The zero-order valence-electron chi connectivity index (χ0n) is 11.2. The average Bonchev–Trinajstić information content (AvgIpc) is 2.35. The predicted octanol–water partition coefficient (Wildman–Crippen LogP) is 2.63. The average molecular weight is 285 g/mol. The van der Waals surface area contributed by atoms with E-state index in [0.29, 0.717) is 18.5 Å². The first-order chi connectivity index (χ1) is 9.47. The number of likely N-dealkylation sites (tertiary alicyclic amines) is 1. The highest BCUT2D eigenvalue weighted by molar-refractivity contribution is 5.62. The number of halogens is 2. The highest BCUT2D eigenvalue weighted by atomic mass is 19.1. The third-order valence-corrected chi connectivity index (χ3v) is 3.51. The maximum Gasteiger partial charge on any atom is 0.327 e. The van der Waals surface area contributed by atoms with Crippen molar-refractivity contribution in [2.45, 2.75) is 12.8 Å². The lowest BCUT2D eigenvalue weighted by atomic mass is 9.98. The number of benzene rings is 1. The Kier molecular flexibility index (Phi) is 4.49. The summed E-state index contributed by atoms with van der Waals surface area (Å²) < 4.78 is 26.6. The molecule has 110 valence electrons. The zero-order valence-corrected chi connectivity index (χ0v) is 11.2. The summed E-state index contributed by atoms with van der Waals surface area (Å²) in [5.41, 5.74) is -0.795. The molecule has 1 aromatic rings. The van der Waals surface area contributed by atoms with E-state index in [4.69, 9.17) is 0 Å². The quantitative estimate of drug-likeness (QED) is 0.682. The van der Waals surface area contributed by atoms with E-state index in [0.717, 1.165) is 32.0 Å². The predicted molar refractivity (Wildman–Crippen MR) is 71.7 cm³/mol. The smallest absolute Gasteiger partial charge is 0.327 e. The van der Waals surface area contributed by atoms with Crippen LogP contribution in [0.3, 0.4) is 0 Å². The molecule has 2 rings (SSSR count). The maximum absolute atomic E-state index is 13.5. The van der Waals surface area contributed by atoms with Crippen molar-refractivity contribution in [3.05, 3.63) is 33.9 Å². The largest absolute Gasteiger partial charge is 0.379 e. The van der Waals surface area contributed by atoms with Crippen molar-refractivity contribution in [3.8, 4) is 0 Å². The molecule has 1 atom stereocenters. The van der Waals surface area contributed by atoms with Crippen molar-refractivity contribution >= 4 is 11.4 Å². The summed E-state index contributed by atoms with van der Waals surface area (Å²) in [6, 6.07) is 1.49. The number of nitrogens with zero attached hydrogens (tertiary/aromatic N) is 2. The monoisotopic (exact) mass is 285 g/mol. The molecule has 7 heteroatoms. The van der Waals surface area contributed by atoms with Crippen LogP contribution in [0, 0.1) is 27.7 Å². The molecule has 1 N–H and O–H groups in total. The second kappa shape index (κ2) is 6.13. The van der Waals surface area contributed by atoms with Gasteiger partial charge in [-0.25, -0.2) is 4.39 Å². The summed E-state index contributed by atoms with van der Waals surface area (Å²) >= 11 is 0. The number of nitro groups is 1. The standard InChI is InChI=1S/C13H17F2N3O2/c1-17-4-2-3-9(8-17)7-16-12-6-10(14)5-11(15)13(12)18(19)20/h5-6,9,16H,2-4,7-8H2,1H3. The fourth-order valence-electron chi connectivity index (χ4n) is 2.58. The van der Waals surface area contributed by atoms with E-state index in [1.807, 2.05) is 7.05 Å². The Labute approximate surface area is 115 Å². The third kappa shape index (κ3) is 3.41. The van der Waals surface area contributed by atoms with E-state index in [-0.39, 0.29) is 5.69 Å². The minimum Gasteiger partial charge on any atom is -0.379 e. The second-order valence-corrected chi connectivity index (χ2v) is 5.19. The van der Waals surface area contributed by atoms with Gasteiger partial charge in [0.2, 0.25) is 5.82 Å². The van der Waals surface area contributed by atoms with Crippen LogP contribution in [0.1, 0.15) is 12.8 Å². The van der Waals surface area contributed by atoms with E-state index in [2.05, 4.69) is 10.2 Å². The van der Waals surface area contributed by atoms with Crippen molar-refractivity contribution in [2.24, 2.45) is 5.92 Å². The fourth-order valence-corrected chi connectivity index (χ4v) is 2.58. The molecule has 0 spiro atoms. The summed E-state index contributed by atoms with van der Waals surface area (Å²) in [6.45, 7) is 2.37. The van der Waals surface area contributed by atoms with Crippen LogP contribution in [0.5, 0.6) is 0 Å². The van der Waals surface area contributed by atoms with Crippen LogP contribution in [0.4, 0.5) is 20.2 Å². The third-order valence-electron chi connectivity index (χ3n) is 3.51. The number of nitro benzene ring substituents is 1. The number of piperidine rings is 1.